The fourth-order valence-electron chi connectivity index (χ4n) is 1.08. The van der Waals surface area contributed by atoms with Gasteiger partial charge in [-0.15, -0.1) is 0 Å². The minimum atomic E-state index is -0.737. The lowest BCUT2D eigenvalue weighted by atomic mass is 9.95. The van der Waals surface area contributed by atoms with Crippen molar-refractivity contribution >= 4 is 17.6 Å². The van der Waals surface area contributed by atoms with Gasteiger partial charge in [0.25, 0.3) is 0 Å². The van der Waals surface area contributed by atoms with Crippen molar-refractivity contribution in [1.82, 2.24) is 0 Å². The molecule has 102 valence electrons. The van der Waals surface area contributed by atoms with E-state index in [4.69, 9.17) is 30.5 Å². The van der Waals surface area contributed by atoms with Gasteiger partial charge < -0.3 is 18.9 Å². The number of halogens is 1. The van der Waals surface area contributed by atoms with Crippen molar-refractivity contribution in [2.24, 2.45) is 5.41 Å². The van der Waals surface area contributed by atoms with E-state index in [1.54, 1.807) is 13.8 Å². The van der Waals surface area contributed by atoms with Gasteiger partial charge in [0.15, 0.2) is 12.4 Å². The van der Waals surface area contributed by atoms with E-state index in [2.05, 4.69) is 0 Å². The number of esters is 1. The summed E-state index contributed by atoms with van der Waals surface area (Å²) in [6, 6.07) is -0.151. The van der Waals surface area contributed by atoms with E-state index in [1.807, 2.05) is 6.92 Å². The van der Waals surface area contributed by atoms with Crippen LogP contribution in [-0.2, 0) is 23.7 Å². The van der Waals surface area contributed by atoms with Gasteiger partial charge in [-0.2, -0.15) is 0 Å². The van der Waals surface area contributed by atoms with Crippen molar-refractivity contribution in [1.29, 1.82) is 0 Å². The van der Waals surface area contributed by atoms with Crippen LogP contribution >= 0.6 is 11.6 Å². The molecule has 0 radical (unpaired) electrons. The fourth-order valence-corrected chi connectivity index (χ4v) is 1.18. The quantitative estimate of drug-likeness (QED) is 0.362. The van der Waals surface area contributed by atoms with E-state index < -0.39 is 17.7 Å². The summed E-state index contributed by atoms with van der Waals surface area (Å²) in [5.74, 6) is -0.391. The molecule has 0 aromatic rings. The summed E-state index contributed by atoms with van der Waals surface area (Å²) >= 11 is 5.33. The predicted octanol–water partition coefficient (Wildman–Crippen LogP) is 1.78. The molecule has 5 nitrogen and oxygen atoms in total. The molecule has 1 unspecified atom stereocenters. The van der Waals surface area contributed by atoms with Gasteiger partial charge in [0.1, 0.15) is 0 Å². The zero-order valence-electron chi connectivity index (χ0n) is 10.8. The third-order valence-electron chi connectivity index (χ3n) is 2.07. The minimum absolute atomic E-state index is 0.151. The zero-order valence-corrected chi connectivity index (χ0v) is 11.6. The summed E-state index contributed by atoms with van der Waals surface area (Å²) in [6.07, 6.45) is -0.417. The first kappa shape index (κ1) is 16.6. The molecule has 0 bridgehead atoms. The number of carbonyl (C=O) groups is 1. The van der Waals surface area contributed by atoms with Gasteiger partial charge in [0.2, 0.25) is 0 Å². The second kappa shape index (κ2) is 8.69. The summed E-state index contributed by atoms with van der Waals surface area (Å²) < 4.78 is 20.4. The molecule has 0 amide bonds. The molecule has 0 fully saturated rings. The zero-order chi connectivity index (χ0) is 13.3. The first-order chi connectivity index (χ1) is 7.97. The second-order valence-corrected chi connectivity index (χ2v) is 4.28. The van der Waals surface area contributed by atoms with Crippen LogP contribution in [0.25, 0.3) is 0 Å². The van der Waals surface area contributed by atoms with Crippen molar-refractivity contribution in [2.45, 2.75) is 27.1 Å². The molecule has 0 rings (SSSR count). The Balaban J connectivity index is 3.96. The molecule has 0 spiro atoms. The van der Waals surface area contributed by atoms with Gasteiger partial charge >= 0.3 is 5.97 Å². The highest BCUT2D eigenvalue weighted by Gasteiger charge is 2.30. The van der Waals surface area contributed by atoms with Crippen LogP contribution in [0.4, 0.5) is 0 Å². The normalized spacial score (nSPS) is 13.5. The third-order valence-corrected chi connectivity index (χ3v) is 2.18. The Hall–Kier alpha value is -0.360. The Kier molecular flexibility index (Phi) is 8.51. The average molecular weight is 269 g/mol. The maximum atomic E-state index is 11.5. The molecule has 0 heterocycles. The van der Waals surface area contributed by atoms with E-state index in [0.717, 1.165) is 0 Å². The lowest BCUT2D eigenvalue weighted by Crippen LogP contribution is -2.33. The first-order valence-electron chi connectivity index (χ1n) is 5.43. The van der Waals surface area contributed by atoms with Crippen LogP contribution in [0, 0.1) is 5.41 Å². The topological polar surface area (TPSA) is 54.0 Å². The molecule has 17 heavy (non-hydrogen) atoms. The van der Waals surface area contributed by atoms with Gasteiger partial charge in [0, 0.05) is 13.7 Å². The highest BCUT2D eigenvalue weighted by atomic mass is 35.5. The van der Waals surface area contributed by atoms with Crippen LogP contribution < -0.4 is 0 Å². The SMILES string of the molecule is CCOC(COCC(C)(C)C(=O)OCCl)OC. The maximum Gasteiger partial charge on any atom is 0.315 e. The molecule has 0 saturated heterocycles. The smallest absolute Gasteiger partial charge is 0.315 e. The summed E-state index contributed by atoms with van der Waals surface area (Å²) in [6.45, 7) is 6.35. The fraction of sp³-hybridized carbons (Fsp3) is 0.909. The van der Waals surface area contributed by atoms with Crippen molar-refractivity contribution in [2.75, 3.05) is 33.0 Å². The summed E-state index contributed by atoms with van der Waals surface area (Å²) in [4.78, 5) is 11.5. The third kappa shape index (κ3) is 6.83. The van der Waals surface area contributed by atoms with E-state index in [9.17, 15) is 4.79 Å². The van der Waals surface area contributed by atoms with Crippen LogP contribution in [0.5, 0.6) is 0 Å². The van der Waals surface area contributed by atoms with E-state index in [-0.39, 0.29) is 19.3 Å². The van der Waals surface area contributed by atoms with Gasteiger partial charge in [-0.1, -0.05) is 11.6 Å². The lowest BCUT2D eigenvalue weighted by Gasteiger charge is -2.23. The van der Waals surface area contributed by atoms with Crippen LogP contribution in [-0.4, -0.2) is 45.3 Å². The number of ether oxygens (including phenoxy) is 4. The minimum Gasteiger partial charge on any atom is -0.449 e. The molecule has 0 aliphatic heterocycles. The van der Waals surface area contributed by atoms with Crippen molar-refractivity contribution in [3.05, 3.63) is 0 Å². The Labute approximate surface area is 107 Å². The molecular weight excluding hydrogens is 248 g/mol. The van der Waals surface area contributed by atoms with Gasteiger partial charge in [-0.05, 0) is 20.8 Å². The number of hydrogen-bond acceptors (Lipinski definition) is 5. The molecule has 0 N–H and O–H groups in total. The summed E-state index contributed by atoms with van der Waals surface area (Å²) in [5, 5.41) is 0. The Morgan fingerprint density at radius 2 is 2.06 bits per heavy atom. The van der Waals surface area contributed by atoms with E-state index in [1.165, 1.54) is 7.11 Å². The monoisotopic (exact) mass is 268 g/mol. The van der Waals surface area contributed by atoms with Crippen molar-refractivity contribution in [3.8, 4) is 0 Å². The summed E-state index contributed by atoms with van der Waals surface area (Å²) in [5.41, 5.74) is -0.737. The number of carbonyl (C=O) groups excluding carboxylic acids is 1. The molecule has 0 aromatic carbocycles. The highest BCUT2D eigenvalue weighted by molar-refractivity contribution is 6.17. The molecule has 0 aromatic heterocycles. The Bertz CT molecular complexity index is 220. The average Bonchev–Trinajstić information content (AvgIpc) is 2.28. The Morgan fingerprint density at radius 3 is 2.53 bits per heavy atom. The molecule has 1 atom stereocenters. The number of methoxy groups -OCH3 is 1. The highest BCUT2D eigenvalue weighted by Crippen LogP contribution is 2.18. The largest absolute Gasteiger partial charge is 0.449 e. The predicted molar refractivity (Wildman–Crippen MR) is 63.8 cm³/mol. The van der Waals surface area contributed by atoms with E-state index >= 15 is 0 Å². The van der Waals surface area contributed by atoms with Crippen LogP contribution in [0.15, 0.2) is 0 Å². The van der Waals surface area contributed by atoms with Crippen molar-refractivity contribution in [3.63, 3.8) is 0 Å². The van der Waals surface area contributed by atoms with E-state index in [0.29, 0.717) is 6.61 Å². The number of rotatable bonds is 9. The lowest BCUT2D eigenvalue weighted by molar-refractivity contribution is -0.170. The molecule has 0 aliphatic rings. The van der Waals surface area contributed by atoms with Crippen LogP contribution in [0.3, 0.4) is 0 Å². The molecule has 6 heteroatoms. The second-order valence-electron chi connectivity index (χ2n) is 4.06. The first-order valence-corrected chi connectivity index (χ1v) is 5.96. The van der Waals surface area contributed by atoms with Gasteiger partial charge in [-0.25, -0.2) is 0 Å². The van der Waals surface area contributed by atoms with Gasteiger partial charge in [0.05, 0.1) is 18.6 Å². The summed E-state index contributed by atoms with van der Waals surface area (Å²) in [7, 11) is 1.54. The van der Waals surface area contributed by atoms with Crippen LogP contribution in [0.2, 0.25) is 0 Å². The molecule has 0 aliphatic carbocycles. The van der Waals surface area contributed by atoms with Crippen molar-refractivity contribution < 1.29 is 23.7 Å². The molecule has 0 saturated carbocycles. The number of hydrogen-bond donors (Lipinski definition) is 0. The number of alkyl halides is 1. The molecular formula is C11H21ClO5. The maximum absolute atomic E-state index is 11.5. The Morgan fingerprint density at radius 1 is 1.41 bits per heavy atom. The standard InChI is InChI=1S/C11H21ClO5/c1-5-16-9(14-4)6-15-7-11(2,3)10(13)17-8-12/h9H,5-8H2,1-4H3. The van der Waals surface area contributed by atoms with Crippen LogP contribution in [0.1, 0.15) is 20.8 Å². The van der Waals surface area contributed by atoms with Gasteiger partial charge in [-0.3, -0.25) is 4.79 Å².